The van der Waals surface area contributed by atoms with Gasteiger partial charge in [0.2, 0.25) is 0 Å². The molecular weight excluding hydrogens is 392 g/mol. The zero-order valence-electron chi connectivity index (χ0n) is 17.7. The maximum absolute atomic E-state index is 9.42. The van der Waals surface area contributed by atoms with Gasteiger partial charge in [-0.1, -0.05) is 23.8 Å². The summed E-state index contributed by atoms with van der Waals surface area (Å²) in [4.78, 5) is 6.81. The van der Waals surface area contributed by atoms with Crippen LogP contribution in [0.15, 0.2) is 54.7 Å². The lowest BCUT2D eigenvalue weighted by molar-refractivity contribution is 0.247. The second kappa shape index (κ2) is 8.58. The van der Waals surface area contributed by atoms with Crippen molar-refractivity contribution in [1.29, 1.82) is 0 Å². The van der Waals surface area contributed by atoms with E-state index in [4.69, 9.17) is 12.2 Å². The summed E-state index contributed by atoms with van der Waals surface area (Å²) in [5.41, 5.74) is 6.99. The lowest BCUT2D eigenvalue weighted by Crippen LogP contribution is -2.31. The van der Waals surface area contributed by atoms with Crippen molar-refractivity contribution in [1.82, 2.24) is 19.8 Å². The summed E-state index contributed by atoms with van der Waals surface area (Å²) >= 11 is 5.70. The Morgan fingerprint density at radius 3 is 2.53 bits per heavy atom. The maximum atomic E-state index is 9.42. The van der Waals surface area contributed by atoms with Crippen molar-refractivity contribution in [3.8, 4) is 5.69 Å². The molecule has 1 aromatic carbocycles. The lowest BCUT2D eigenvalue weighted by Gasteiger charge is -2.28. The Morgan fingerprint density at radius 1 is 1.10 bits per heavy atom. The minimum atomic E-state index is -0.0376. The number of hydrogen-bond acceptors (Lipinski definition) is 3. The molecule has 0 aliphatic carbocycles. The molecule has 2 N–H and O–H groups in total. The summed E-state index contributed by atoms with van der Waals surface area (Å²) in [6.45, 7) is 7.26. The zero-order chi connectivity index (χ0) is 21.3. The summed E-state index contributed by atoms with van der Waals surface area (Å²) in [6, 6.07) is 16.8. The van der Waals surface area contributed by atoms with E-state index in [0.717, 1.165) is 11.4 Å². The molecule has 2 atom stereocenters. The quantitative estimate of drug-likeness (QED) is 0.587. The summed E-state index contributed by atoms with van der Waals surface area (Å²) < 4.78 is 2.30. The Labute approximate surface area is 183 Å². The molecule has 0 bridgehead atoms. The molecule has 30 heavy (non-hydrogen) atoms. The van der Waals surface area contributed by atoms with Crippen molar-refractivity contribution in [2.45, 2.75) is 39.3 Å². The van der Waals surface area contributed by atoms with Crippen molar-refractivity contribution < 1.29 is 5.11 Å². The van der Waals surface area contributed by atoms with E-state index >= 15 is 0 Å². The third-order valence-electron chi connectivity index (χ3n) is 5.84. The molecule has 0 amide bonds. The highest BCUT2D eigenvalue weighted by Crippen LogP contribution is 2.41. The first-order valence-electron chi connectivity index (χ1n) is 10.4. The lowest BCUT2D eigenvalue weighted by atomic mass is 9.96. The molecule has 0 spiro atoms. The minimum absolute atomic E-state index is 0.0179. The fourth-order valence-corrected chi connectivity index (χ4v) is 4.74. The van der Waals surface area contributed by atoms with Crippen LogP contribution in [-0.4, -0.2) is 37.8 Å². The Balaban J connectivity index is 1.81. The smallest absolute Gasteiger partial charge is 0.170 e. The molecule has 6 heteroatoms. The molecule has 1 aliphatic heterocycles. The SMILES string of the molecule is Cc1ccc(-n2c(C)cc([C@@H]3[C@H](c4ccccn4)NC(=S)N3CCCO)c2C)cc1. The van der Waals surface area contributed by atoms with Gasteiger partial charge in [0.1, 0.15) is 0 Å². The highest BCUT2D eigenvalue weighted by atomic mass is 32.1. The Hall–Kier alpha value is -2.70. The molecule has 1 aliphatic rings. The van der Waals surface area contributed by atoms with E-state index in [1.165, 1.54) is 22.5 Å². The average molecular weight is 421 g/mol. The average Bonchev–Trinajstić information content (AvgIpc) is 3.23. The van der Waals surface area contributed by atoms with E-state index in [0.29, 0.717) is 18.1 Å². The fraction of sp³-hybridized carbons (Fsp3) is 0.333. The van der Waals surface area contributed by atoms with Crippen LogP contribution in [0.25, 0.3) is 5.69 Å². The van der Waals surface area contributed by atoms with Crippen LogP contribution in [0.3, 0.4) is 0 Å². The first kappa shape index (κ1) is 20.6. The van der Waals surface area contributed by atoms with E-state index in [-0.39, 0.29) is 18.7 Å². The molecule has 5 nitrogen and oxygen atoms in total. The monoisotopic (exact) mass is 420 g/mol. The van der Waals surface area contributed by atoms with Crippen LogP contribution in [0, 0.1) is 20.8 Å². The predicted molar refractivity (Wildman–Crippen MR) is 124 cm³/mol. The molecule has 0 saturated carbocycles. The number of aromatic nitrogens is 2. The van der Waals surface area contributed by atoms with Gasteiger partial charge in [0.05, 0.1) is 17.8 Å². The second-order valence-electron chi connectivity index (χ2n) is 7.89. The van der Waals surface area contributed by atoms with Gasteiger partial charge in [-0.05, 0) is 75.3 Å². The van der Waals surface area contributed by atoms with E-state index in [9.17, 15) is 5.11 Å². The van der Waals surface area contributed by atoms with Crippen LogP contribution in [0.5, 0.6) is 0 Å². The standard InChI is InChI=1S/C24H28N4OS/c1-16-8-10-19(11-9-16)28-17(2)15-20(18(28)3)23-22(21-7-4-5-12-25-21)26-24(30)27(23)13-6-14-29/h4-5,7-12,15,22-23,29H,6,13-14H2,1-3H3,(H,26,30)/t22-,23+/m0/s1. The van der Waals surface area contributed by atoms with Crippen molar-refractivity contribution in [3.05, 3.63) is 82.9 Å². The van der Waals surface area contributed by atoms with Gasteiger partial charge < -0.3 is 19.9 Å². The van der Waals surface area contributed by atoms with Crippen LogP contribution >= 0.6 is 12.2 Å². The summed E-state index contributed by atoms with van der Waals surface area (Å²) in [5, 5.41) is 13.6. The van der Waals surface area contributed by atoms with E-state index in [2.05, 4.69) is 70.9 Å². The Bertz CT molecular complexity index is 1030. The number of benzene rings is 1. The van der Waals surface area contributed by atoms with Crippen LogP contribution in [-0.2, 0) is 0 Å². The van der Waals surface area contributed by atoms with Crippen molar-refractivity contribution >= 4 is 17.3 Å². The van der Waals surface area contributed by atoms with Crippen LogP contribution in [0.4, 0.5) is 0 Å². The predicted octanol–water partition coefficient (Wildman–Crippen LogP) is 4.15. The number of aryl methyl sites for hydroxylation is 2. The first-order chi connectivity index (χ1) is 14.5. The van der Waals surface area contributed by atoms with Crippen LogP contribution in [0.2, 0.25) is 0 Å². The van der Waals surface area contributed by atoms with Gasteiger partial charge in [-0.2, -0.15) is 0 Å². The van der Waals surface area contributed by atoms with Gasteiger partial charge in [0, 0.05) is 36.4 Å². The maximum Gasteiger partial charge on any atom is 0.170 e. The minimum Gasteiger partial charge on any atom is -0.396 e. The van der Waals surface area contributed by atoms with Crippen molar-refractivity contribution in [2.24, 2.45) is 0 Å². The highest BCUT2D eigenvalue weighted by molar-refractivity contribution is 7.80. The third kappa shape index (κ3) is 3.73. The van der Waals surface area contributed by atoms with Gasteiger partial charge in [-0.3, -0.25) is 4.98 Å². The summed E-state index contributed by atoms with van der Waals surface area (Å²) in [7, 11) is 0. The van der Waals surface area contributed by atoms with Gasteiger partial charge >= 0.3 is 0 Å². The van der Waals surface area contributed by atoms with E-state index < -0.39 is 0 Å². The molecule has 3 heterocycles. The summed E-state index contributed by atoms with van der Waals surface area (Å²) in [5.74, 6) is 0. The van der Waals surface area contributed by atoms with Crippen molar-refractivity contribution in [3.63, 3.8) is 0 Å². The third-order valence-corrected chi connectivity index (χ3v) is 6.19. The molecule has 4 rings (SSSR count). The van der Waals surface area contributed by atoms with Crippen LogP contribution < -0.4 is 5.32 Å². The van der Waals surface area contributed by atoms with E-state index in [1.54, 1.807) is 0 Å². The number of pyridine rings is 1. The fourth-order valence-electron chi connectivity index (χ4n) is 4.40. The number of aliphatic hydroxyl groups is 1. The molecular formula is C24H28N4OS. The van der Waals surface area contributed by atoms with Gasteiger partial charge in [0.15, 0.2) is 5.11 Å². The van der Waals surface area contributed by atoms with Gasteiger partial charge in [0.25, 0.3) is 0 Å². The molecule has 0 unspecified atom stereocenters. The zero-order valence-corrected chi connectivity index (χ0v) is 18.5. The Morgan fingerprint density at radius 2 is 1.87 bits per heavy atom. The molecule has 2 aromatic heterocycles. The highest BCUT2D eigenvalue weighted by Gasteiger charge is 2.41. The molecule has 0 radical (unpaired) electrons. The van der Waals surface area contributed by atoms with Crippen LogP contribution in [0.1, 0.15) is 46.7 Å². The number of aliphatic hydroxyl groups excluding tert-OH is 1. The van der Waals surface area contributed by atoms with Gasteiger partial charge in [-0.25, -0.2) is 0 Å². The first-order valence-corrected chi connectivity index (χ1v) is 10.8. The summed E-state index contributed by atoms with van der Waals surface area (Å²) in [6.07, 6.45) is 2.49. The number of nitrogens with one attached hydrogen (secondary N) is 1. The number of hydrogen-bond donors (Lipinski definition) is 2. The number of thiocarbonyl (C=S) groups is 1. The number of rotatable bonds is 6. The molecule has 3 aromatic rings. The number of nitrogens with zero attached hydrogens (tertiary/aromatic N) is 3. The largest absolute Gasteiger partial charge is 0.396 e. The molecule has 1 fully saturated rings. The Kier molecular flexibility index (Phi) is 5.88. The second-order valence-corrected chi connectivity index (χ2v) is 8.28. The topological polar surface area (TPSA) is 53.3 Å². The molecule has 156 valence electrons. The van der Waals surface area contributed by atoms with Crippen molar-refractivity contribution in [2.75, 3.05) is 13.2 Å². The normalized spacial score (nSPS) is 18.7. The van der Waals surface area contributed by atoms with E-state index in [1.807, 2.05) is 24.4 Å². The molecule has 1 saturated heterocycles. The van der Waals surface area contributed by atoms with Gasteiger partial charge in [-0.15, -0.1) is 0 Å².